The van der Waals surface area contributed by atoms with Crippen LogP contribution >= 0.6 is 0 Å². The number of aliphatic carboxylic acids is 1. The first kappa shape index (κ1) is 13.6. The summed E-state index contributed by atoms with van der Waals surface area (Å²) in [7, 11) is 0. The molecule has 0 saturated heterocycles. The molecule has 1 aromatic carbocycles. The van der Waals surface area contributed by atoms with Gasteiger partial charge in [-0.25, -0.2) is 4.79 Å². The summed E-state index contributed by atoms with van der Waals surface area (Å²) in [4.78, 5) is 34.0. The highest BCUT2D eigenvalue weighted by Gasteiger charge is 2.15. The lowest BCUT2D eigenvalue weighted by Gasteiger charge is -2.17. The van der Waals surface area contributed by atoms with Crippen LogP contribution in [0.15, 0.2) is 30.3 Å². The molecule has 5 nitrogen and oxygen atoms in total. The van der Waals surface area contributed by atoms with Crippen LogP contribution in [0.5, 0.6) is 0 Å². The van der Waals surface area contributed by atoms with Crippen LogP contribution < -0.4 is 4.90 Å². The molecule has 0 aliphatic heterocycles. The van der Waals surface area contributed by atoms with Crippen LogP contribution in [0.4, 0.5) is 5.69 Å². The second-order valence-corrected chi connectivity index (χ2v) is 3.64. The SMILES string of the molecule is CC(=O)N(C(C)=O)c1ccc(C=CC(=O)O)cc1. The van der Waals surface area contributed by atoms with E-state index in [1.807, 2.05) is 0 Å². The van der Waals surface area contributed by atoms with E-state index in [1.54, 1.807) is 24.3 Å². The molecule has 0 heterocycles. The van der Waals surface area contributed by atoms with Crippen molar-refractivity contribution in [3.63, 3.8) is 0 Å². The Morgan fingerprint density at radius 1 is 1.06 bits per heavy atom. The van der Waals surface area contributed by atoms with Gasteiger partial charge in [-0.2, -0.15) is 0 Å². The smallest absolute Gasteiger partial charge is 0.328 e. The molecule has 0 radical (unpaired) electrons. The fourth-order valence-corrected chi connectivity index (χ4v) is 1.49. The molecule has 5 heteroatoms. The summed E-state index contributed by atoms with van der Waals surface area (Å²) in [6.45, 7) is 2.61. The quantitative estimate of drug-likeness (QED) is 0.824. The number of anilines is 1. The Labute approximate surface area is 104 Å². The molecule has 18 heavy (non-hydrogen) atoms. The third kappa shape index (κ3) is 3.55. The lowest BCUT2D eigenvalue weighted by molar-refractivity contribution is -0.131. The predicted octanol–water partition coefficient (Wildman–Crippen LogP) is 1.68. The third-order valence-electron chi connectivity index (χ3n) is 2.20. The number of carbonyl (C=O) groups is 3. The molecule has 0 aliphatic carbocycles. The van der Waals surface area contributed by atoms with Gasteiger partial charge in [0, 0.05) is 19.9 Å². The topological polar surface area (TPSA) is 74.7 Å². The molecule has 1 N–H and O–H groups in total. The van der Waals surface area contributed by atoms with Crippen molar-refractivity contribution in [2.45, 2.75) is 13.8 Å². The second kappa shape index (κ2) is 5.77. The number of carboxylic acid groups (broad SMARTS) is 1. The fourth-order valence-electron chi connectivity index (χ4n) is 1.49. The summed E-state index contributed by atoms with van der Waals surface area (Å²) < 4.78 is 0. The molecule has 94 valence electrons. The first-order valence-electron chi connectivity index (χ1n) is 5.24. The van der Waals surface area contributed by atoms with Gasteiger partial charge in [0.1, 0.15) is 0 Å². The average Bonchev–Trinajstić information content (AvgIpc) is 2.27. The Balaban J connectivity index is 2.97. The number of carbonyl (C=O) groups excluding carboxylic acids is 2. The van der Waals surface area contributed by atoms with Gasteiger partial charge in [0.05, 0.1) is 5.69 Å². The second-order valence-electron chi connectivity index (χ2n) is 3.64. The van der Waals surface area contributed by atoms with E-state index in [0.717, 1.165) is 11.0 Å². The molecule has 0 saturated carbocycles. The van der Waals surface area contributed by atoms with Crippen molar-refractivity contribution < 1.29 is 19.5 Å². The highest BCUT2D eigenvalue weighted by molar-refractivity contribution is 6.13. The minimum Gasteiger partial charge on any atom is -0.478 e. The molecule has 0 aliphatic rings. The third-order valence-corrected chi connectivity index (χ3v) is 2.20. The van der Waals surface area contributed by atoms with Crippen LogP contribution in [-0.2, 0) is 14.4 Å². The predicted molar refractivity (Wildman–Crippen MR) is 67.0 cm³/mol. The maximum atomic E-state index is 11.3. The number of rotatable bonds is 3. The molecule has 0 aromatic heterocycles. The summed E-state index contributed by atoms with van der Waals surface area (Å²) in [6.07, 6.45) is 2.45. The molecule has 1 rings (SSSR count). The van der Waals surface area contributed by atoms with Crippen LogP contribution in [0.1, 0.15) is 19.4 Å². The van der Waals surface area contributed by atoms with Gasteiger partial charge in [0.25, 0.3) is 0 Å². The number of benzene rings is 1. The molecule has 0 spiro atoms. The maximum Gasteiger partial charge on any atom is 0.328 e. The van der Waals surface area contributed by atoms with Crippen LogP contribution in [0.3, 0.4) is 0 Å². The Hall–Kier alpha value is -2.43. The summed E-state index contributed by atoms with van der Waals surface area (Å²) >= 11 is 0. The van der Waals surface area contributed by atoms with E-state index in [0.29, 0.717) is 11.3 Å². The number of hydrogen-bond donors (Lipinski definition) is 1. The van der Waals surface area contributed by atoms with Crippen molar-refractivity contribution in [3.8, 4) is 0 Å². The molecular formula is C13H13NO4. The Kier molecular flexibility index (Phi) is 4.37. The fraction of sp³-hybridized carbons (Fsp3) is 0.154. The van der Waals surface area contributed by atoms with Crippen molar-refractivity contribution in [3.05, 3.63) is 35.9 Å². The van der Waals surface area contributed by atoms with E-state index >= 15 is 0 Å². The minimum absolute atomic E-state index is 0.365. The Morgan fingerprint density at radius 3 is 1.94 bits per heavy atom. The zero-order valence-electron chi connectivity index (χ0n) is 10.1. The van der Waals surface area contributed by atoms with Crippen molar-refractivity contribution in [2.24, 2.45) is 0 Å². The normalized spacial score (nSPS) is 10.3. The van der Waals surface area contributed by atoms with Crippen LogP contribution in [0.25, 0.3) is 6.08 Å². The molecule has 0 fully saturated rings. The monoisotopic (exact) mass is 247 g/mol. The lowest BCUT2D eigenvalue weighted by atomic mass is 10.2. The number of nitrogens with zero attached hydrogens (tertiary/aromatic N) is 1. The Morgan fingerprint density at radius 2 is 1.56 bits per heavy atom. The average molecular weight is 247 g/mol. The largest absolute Gasteiger partial charge is 0.478 e. The van der Waals surface area contributed by atoms with E-state index in [1.165, 1.54) is 19.9 Å². The lowest BCUT2D eigenvalue weighted by Crippen LogP contribution is -2.32. The summed E-state index contributed by atoms with van der Waals surface area (Å²) in [5, 5.41) is 8.48. The highest BCUT2D eigenvalue weighted by Crippen LogP contribution is 2.16. The van der Waals surface area contributed by atoms with Gasteiger partial charge in [0.15, 0.2) is 0 Å². The number of imide groups is 1. The van der Waals surface area contributed by atoms with Gasteiger partial charge in [0.2, 0.25) is 11.8 Å². The van der Waals surface area contributed by atoms with Crippen LogP contribution in [-0.4, -0.2) is 22.9 Å². The summed E-state index contributed by atoms with van der Waals surface area (Å²) in [5.41, 5.74) is 1.13. The van der Waals surface area contributed by atoms with E-state index in [-0.39, 0.29) is 11.8 Å². The number of hydrogen-bond acceptors (Lipinski definition) is 3. The molecular weight excluding hydrogens is 234 g/mol. The van der Waals surface area contributed by atoms with E-state index in [2.05, 4.69) is 0 Å². The number of carboxylic acids is 1. The standard InChI is InChI=1S/C13H13NO4/c1-9(15)14(10(2)16)12-6-3-11(4-7-12)5-8-13(17)18/h3-8H,1-2H3,(H,17,18). The van der Waals surface area contributed by atoms with E-state index < -0.39 is 5.97 Å². The van der Waals surface area contributed by atoms with Gasteiger partial charge in [-0.15, -0.1) is 0 Å². The summed E-state index contributed by atoms with van der Waals surface area (Å²) in [6, 6.07) is 6.44. The van der Waals surface area contributed by atoms with Crippen molar-refractivity contribution >= 4 is 29.5 Å². The van der Waals surface area contributed by atoms with Gasteiger partial charge in [-0.1, -0.05) is 12.1 Å². The van der Waals surface area contributed by atoms with Crippen molar-refractivity contribution in [2.75, 3.05) is 4.90 Å². The van der Waals surface area contributed by atoms with E-state index in [4.69, 9.17) is 5.11 Å². The van der Waals surface area contributed by atoms with Gasteiger partial charge < -0.3 is 5.11 Å². The molecule has 0 bridgehead atoms. The molecule has 2 amide bonds. The zero-order chi connectivity index (χ0) is 13.7. The highest BCUT2D eigenvalue weighted by atomic mass is 16.4. The summed E-state index contributed by atoms with van der Waals surface area (Å²) in [5.74, 6) is -1.76. The van der Waals surface area contributed by atoms with Crippen molar-refractivity contribution in [1.29, 1.82) is 0 Å². The van der Waals surface area contributed by atoms with Crippen molar-refractivity contribution in [1.82, 2.24) is 0 Å². The van der Waals surface area contributed by atoms with Crippen LogP contribution in [0, 0.1) is 0 Å². The maximum absolute atomic E-state index is 11.3. The zero-order valence-corrected chi connectivity index (χ0v) is 10.1. The molecule has 1 aromatic rings. The van der Waals surface area contributed by atoms with Gasteiger partial charge >= 0.3 is 5.97 Å². The number of amides is 2. The first-order chi connectivity index (χ1) is 8.41. The molecule has 0 unspecified atom stereocenters. The van der Waals surface area contributed by atoms with E-state index in [9.17, 15) is 14.4 Å². The minimum atomic E-state index is -1.03. The molecule has 0 atom stereocenters. The van der Waals surface area contributed by atoms with Gasteiger partial charge in [-0.3, -0.25) is 14.5 Å². The van der Waals surface area contributed by atoms with Gasteiger partial charge in [-0.05, 0) is 23.8 Å². The first-order valence-corrected chi connectivity index (χ1v) is 5.24. The Bertz CT molecular complexity index is 488. The van der Waals surface area contributed by atoms with Crippen LogP contribution in [0.2, 0.25) is 0 Å².